The molecule has 0 spiro atoms. The van der Waals surface area contributed by atoms with Gasteiger partial charge in [0.25, 0.3) is 0 Å². The van der Waals surface area contributed by atoms with Crippen molar-refractivity contribution in [2.24, 2.45) is 4.99 Å². The molecule has 2 aromatic rings. The average Bonchev–Trinajstić information content (AvgIpc) is 2.86. The third-order valence-corrected chi connectivity index (χ3v) is 20.0. The van der Waals surface area contributed by atoms with Gasteiger partial charge in [-0.05, 0) is 6.92 Å². The van der Waals surface area contributed by atoms with E-state index >= 15 is 0 Å². The number of ether oxygens (including phenoxy) is 1. The van der Waals surface area contributed by atoms with Gasteiger partial charge in [-0.3, -0.25) is 0 Å². The molecule has 0 aliphatic heterocycles. The Morgan fingerprint density at radius 2 is 1.55 bits per heavy atom. The summed E-state index contributed by atoms with van der Waals surface area (Å²) < 4.78 is 13.5. The molecule has 0 saturated heterocycles. The van der Waals surface area contributed by atoms with Gasteiger partial charge in [-0.2, -0.15) is 0 Å². The van der Waals surface area contributed by atoms with Gasteiger partial charge < -0.3 is 0 Å². The molecule has 7 heteroatoms. The molecule has 0 atom stereocenters. The predicted molar refractivity (Wildman–Crippen MR) is 162 cm³/mol. The van der Waals surface area contributed by atoms with Crippen LogP contribution in [-0.2, 0) is 14.8 Å². The Bertz CT molecular complexity index is 1020. The van der Waals surface area contributed by atoms with Crippen LogP contribution in [-0.4, -0.2) is 34.3 Å². The summed E-state index contributed by atoms with van der Waals surface area (Å²) >= 11 is -2.09. The second-order valence-electron chi connectivity index (χ2n) is 11.5. The van der Waals surface area contributed by atoms with Crippen molar-refractivity contribution in [2.45, 2.75) is 108 Å². The van der Waals surface area contributed by atoms with Crippen LogP contribution in [0.2, 0.25) is 34.9 Å². The van der Waals surface area contributed by atoms with Crippen LogP contribution >= 0.6 is 0 Å². The molecule has 2 aromatic carbocycles. The minimum absolute atomic E-state index is 0. The number of rotatable bonds is 14. The number of aryl methyl sites for hydroxylation is 1. The number of unbranched alkanes of at least 4 members (excludes halogenated alkanes) is 3. The summed E-state index contributed by atoms with van der Waals surface area (Å²) in [4.78, 5) is 16.7. The van der Waals surface area contributed by atoms with Crippen LogP contribution in [0.3, 0.4) is 0 Å². The molecule has 2 rings (SSSR count). The van der Waals surface area contributed by atoms with Gasteiger partial charge in [0.1, 0.15) is 0 Å². The number of hydrogen-bond donors (Lipinski definition) is 0. The molecule has 0 bridgehead atoms. The first kappa shape index (κ1) is 35.1. The molecule has 0 N–H and O–H groups in total. The summed E-state index contributed by atoms with van der Waals surface area (Å²) in [5, 5.41) is 1.97. The van der Waals surface area contributed by atoms with E-state index in [1.165, 1.54) is 59.0 Å². The molecule has 0 aliphatic carbocycles. The zero-order valence-electron chi connectivity index (χ0n) is 25.7. The fraction of sp³-hybridized carbons (Fsp3) is 0.581. The quantitative estimate of drug-likeness (QED) is 0.173. The van der Waals surface area contributed by atoms with Gasteiger partial charge in [0, 0.05) is 0 Å². The standard InChI is InChI=1S/C31H50GeNO3Si.Li/c1-9-37(10-2,11-3)35-25-15-13-12-14-24-32(7,8)28-20-22-29(23-21-28)33-30(34)36-31(5,6)27-18-16-26(4)17-19-27;/h16-23H,9-15,24-25H2,1-8H3;/q-1;+1. The van der Waals surface area contributed by atoms with Crippen LogP contribution in [0.1, 0.15) is 71.4 Å². The molecular formula is C31H50GeLiNO3Si. The summed E-state index contributed by atoms with van der Waals surface area (Å²) in [6, 6.07) is 20.0. The van der Waals surface area contributed by atoms with Crippen LogP contribution in [0.4, 0.5) is 4.79 Å². The molecule has 0 aromatic heterocycles. The Labute approximate surface area is 248 Å². The van der Waals surface area contributed by atoms with E-state index in [0.29, 0.717) is 5.36 Å². The van der Waals surface area contributed by atoms with E-state index in [-0.39, 0.29) is 18.9 Å². The van der Waals surface area contributed by atoms with Gasteiger partial charge >= 0.3 is 242 Å². The van der Waals surface area contributed by atoms with E-state index in [4.69, 9.17) is 9.16 Å². The summed E-state index contributed by atoms with van der Waals surface area (Å²) in [6.07, 6.45) is 4.47. The van der Waals surface area contributed by atoms with Crippen molar-refractivity contribution < 1.29 is 32.8 Å². The Balaban J connectivity index is 0.00000722. The molecule has 0 heterocycles. The third kappa shape index (κ3) is 10.9. The number of nitrogens with zero attached hydrogens (tertiary/aromatic N) is 1. The number of hydrogen-bond acceptors (Lipinski definition) is 3. The molecule has 0 radical (unpaired) electrons. The first-order chi connectivity index (χ1) is 17.5. The van der Waals surface area contributed by atoms with Gasteiger partial charge in [-0.25, -0.2) is 0 Å². The Morgan fingerprint density at radius 3 is 2.11 bits per heavy atom. The zero-order chi connectivity index (χ0) is 27.5. The molecule has 0 unspecified atom stereocenters. The summed E-state index contributed by atoms with van der Waals surface area (Å²) in [6.45, 7) is 13.7. The van der Waals surface area contributed by atoms with E-state index in [1.54, 1.807) is 0 Å². The fourth-order valence-corrected chi connectivity index (χ4v) is 12.8. The Kier molecular flexibility index (Phi) is 15.1. The topological polar surface area (TPSA) is 47.9 Å². The van der Waals surface area contributed by atoms with Crippen LogP contribution in [0, 0.1) is 6.92 Å². The number of carbonyl (C=O) groups is 1. The van der Waals surface area contributed by atoms with E-state index in [1.807, 2.05) is 57.2 Å². The summed E-state index contributed by atoms with van der Waals surface area (Å²) in [5.41, 5.74) is 1.40. The minimum Gasteiger partial charge on any atom is 1.00 e. The Hall–Kier alpha value is -0.973. The van der Waals surface area contributed by atoms with Crippen LogP contribution in [0.5, 0.6) is 0 Å². The van der Waals surface area contributed by atoms with Crippen molar-refractivity contribution in [2.75, 3.05) is 6.61 Å². The zero-order valence-corrected chi connectivity index (χ0v) is 28.8. The molecule has 4 nitrogen and oxygen atoms in total. The van der Waals surface area contributed by atoms with Gasteiger partial charge in [0.05, 0.1) is 0 Å². The minimum atomic E-state index is -2.09. The number of amides is 1. The Morgan fingerprint density at radius 1 is 0.947 bits per heavy atom. The van der Waals surface area contributed by atoms with Gasteiger partial charge in [0.15, 0.2) is 0 Å². The van der Waals surface area contributed by atoms with Crippen LogP contribution in [0.15, 0.2) is 53.5 Å². The molecule has 0 saturated carbocycles. The van der Waals surface area contributed by atoms with Gasteiger partial charge in [0.2, 0.25) is 0 Å². The summed E-state index contributed by atoms with van der Waals surface area (Å²) in [7, 11) is -1.43. The second kappa shape index (κ2) is 16.3. The van der Waals surface area contributed by atoms with Crippen LogP contribution < -0.4 is 28.6 Å². The maximum absolute atomic E-state index is 12.5. The molecule has 0 aliphatic rings. The van der Waals surface area contributed by atoms with Crippen molar-refractivity contribution in [3.05, 3.63) is 65.0 Å². The SMILES string of the molecule is CC[Si](CC)(CC)OCCCCC[CH2][Ge]([CH3])([CH3])[c]1ccc(=NC(=O)OC(C)(C)c2ccc(C)cc2)[cH-]c1.[Li+]. The average molecular weight is 592 g/mol. The first-order valence-electron chi connectivity index (χ1n) is 14.2. The van der Waals surface area contributed by atoms with E-state index in [2.05, 4.69) is 49.4 Å². The number of carbonyl (C=O) groups excluding carboxylic acids is 1. The van der Waals surface area contributed by atoms with Crippen molar-refractivity contribution in [3.8, 4) is 0 Å². The first-order valence-corrected chi connectivity index (χ1v) is 23.5. The van der Waals surface area contributed by atoms with Crippen LogP contribution in [0.25, 0.3) is 0 Å². The van der Waals surface area contributed by atoms with Gasteiger partial charge in [-0.1, -0.05) is 0 Å². The third-order valence-electron chi connectivity index (χ3n) is 8.00. The number of benzene rings is 2. The normalized spacial score (nSPS) is 12.1. The van der Waals surface area contributed by atoms with Crippen molar-refractivity contribution in [1.29, 1.82) is 0 Å². The molecule has 206 valence electrons. The van der Waals surface area contributed by atoms with Crippen molar-refractivity contribution in [1.82, 2.24) is 0 Å². The molecular weight excluding hydrogens is 542 g/mol. The predicted octanol–water partition coefficient (Wildman–Crippen LogP) is 5.19. The van der Waals surface area contributed by atoms with Gasteiger partial charge in [-0.15, -0.1) is 0 Å². The molecule has 38 heavy (non-hydrogen) atoms. The van der Waals surface area contributed by atoms with E-state index in [9.17, 15) is 4.79 Å². The maximum Gasteiger partial charge on any atom is 1.00 e. The largest absolute Gasteiger partial charge is 1.00 e. The van der Waals surface area contributed by atoms with Crippen molar-refractivity contribution in [3.63, 3.8) is 0 Å². The smallest absolute Gasteiger partial charge is 1.00 e. The fourth-order valence-electron chi connectivity index (χ4n) is 4.86. The van der Waals surface area contributed by atoms with E-state index < -0.39 is 33.3 Å². The molecule has 0 fully saturated rings. The van der Waals surface area contributed by atoms with Crippen molar-refractivity contribution >= 4 is 32.1 Å². The maximum atomic E-state index is 12.5. The molecule has 1 amide bonds. The monoisotopic (exact) mass is 593 g/mol. The second-order valence-corrected chi connectivity index (χ2v) is 26.5. The van der Waals surface area contributed by atoms with E-state index in [0.717, 1.165) is 12.2 Å². The summed E-state index contributed by atoms with van der Waals surface area (Å²) in [5.74, 6) is 4.97.